The number of carbonyl (C=O) groups is 1. The standard InChI is InChI=1S/C26H30N2O4.ClH/c1-31-23-14-8-13-22(15-23)17-28(26(30)32-19-21-11-6-3-7-12-21)18-25(29)24(27)16-20-9-4-2-5-10-20;/h2-15,24-25,29H,16-19,27H2,1H3;1H/t24-,25+;/m0./s1. The summed E-state index contributed by atoms with van der Waals surface area (Å²) < 4.78 is 10.8. The van der Waals surface area contributed by atoms with Crippen LogP contribution in [0.1, 0.15) is 16.7 Å². The molecular formula is C26H31ClN2O4. The zero-order chi connectivity index (χ0) is 22.8. The monoisotopic (exact) mass is 470 g/mol. The van der Waals surface area contributed by atoms with Crippen molar-refractivity contribution in [2.75, 3.05) is 13.7 Å². The van der Waals surface area contributed by atoms with E-state index in [-0.39, 0.29) is 32.1 Å². The van der Waals surface area contributed by atoms with E-state index < -0.39 is 18.2 Å². The molecule has 0 aliphatic carbocycles. The van der Waals surface area contributed by atoms with Crippen molar-refractivity contribution in [1.29, 1.82) is 0 Å². The molecule has 2 atom stereocenters. The van der Waals surface area contributed by atoms with Gasteiger partial charge in [-0.1, -0.05) is 72.8 Å². The maximum Gasteiger partial charge on any atom is 0.410 e. The number of ether oxygens (including phenoxy) is 2. The lowest BCUT2D eigenvalue weighted by Gasteiger charge is -2.28. The Bertz CT molecular complexity index is 972. The molecule has 1 amide bonds. The van der Waals surface area contributed by atoms with Crippen molar-refractivity contribution in [3.8, 4) is 5.75 Å². The molecule has 0 saturated heterocycles. The Balaban J connectivity index is 0.00000385. The van der Waals surface area contributed by atoms with Gasteiger partial charge >= 0.3 is 6.09 Å². The number of methoxy groups -OCH3 is 1. The van der Waals surface area contributed by atoms with Crippen LogP contribution >= 0.6 is 12.4 Å². The summed E-state index contributed by atoms with van der Waals surface area (Å²) in [5, 5.41) is 10.8. The van der Waals surface area contributed by atoms with Crippen molar-refractivity contribution in [2.24, 2.45) is 5.73 Å². The van der Waals surface area contributed by atoms with Crippen LogP contribution in [-0.4, -0.2) is 41.9 Å². The molecule has 0 fully saturated rings. The van der Waals surface area contributed by atoms with Crippen molar-refractivity contribution >= 4 is 18.5 Å². The maximum absolute atomic E-state index is 12.9. The summed E-state index contributed by atoms with van der Waals surface area (Å²) in [6.07, 6.45) is -0.915. The molecule has 3 aromatic carbocycles. The van der Waals surface area contributed by atoms with E-state index in [1.54, 1.807) is 7.11 Å². The fraction of sp³-hybridized carbons (Fsp3) is 0.269. The average Bonchev–Trinajstić information content (AvgIpc) is 2.83. The van der Waals surface area contributed by atoms with Gasteiger partial charge in [-0.25, -0.2) is 4.79 Å². The zero-order valence-electron chi connectivity index (χ0n) is 18.7. The predicted molar refractivity (Wildman–Crippen MR) is 131 cm³/mol. The molecule has 3 rings (SSSR count). The zero-order valence-corrected chi connectivity index (χ0v) is 19.5. The fourth-order valence-corrected chi connectivity index (χ4v) is 3.39. The minimum absolute atomic E-state index is 0. The summed E-state index contributed by atoms with van der Waals surface area (Å²) in [6, 6.07) is 26.1. The first-order chi connectivity index (χ1) is 15.5. The topological polar surface area (TPSA) is 85.0 Å². The molecule has 0 radical (unpaired) electrons. The molecule has 0 unspecified atom stereocenters. The Morgan fingerprint density at radius 1 is 0.939 bits per heavy atom. The van der Waals surface area contributed by atoms with Gasteiger partial charge in [-0.2, -0.15) is 0 Å². The number of rotatable bonds is 10. The second kappa shape index (κ2) is 13.5. The molecule has 0 saturated carbocycles. The number of hydrogen-bond acceptors (Lipinski definition) is 5. The lowest BCUT2D eigenvalue weighted by molar-refractivity contribution is 0.0575. The third-order valence-electron chi connectivity index (χ3n) is 5.19. The quantitative estimate of drug-likeness (QED) is 0.464. The van der Waals surface area contributed by atoms with Crippen LogP contribution in [0.3, 0.4) is 0 Å². The normalized spacial score (nSPS) is 12.2. The molecule has 0 aliphatic rings. The van der Waals surface area contributed by atoms with E-state index in [0.29, 0.717) is 12.2 Å². The van der Waals surface area contributed by atoms with Gasteiger partial charge in [0.05, 0.1) is 19.8 Å². The van der Waals surface area contributed by atoms with E-state index in [1.807, 2.05) is 84.9 Å². The minimum atomic E-state index is -0.912. The molecule has 176 valence electrons. The molecule has 0 spiro atoms. The summed E-state index contributed by atoms with van der Waals surface area (Å²) in [5.74, 6) is 0.696. The van der Waals surface area contributed by atoms with Crippen LogP contribution in [0, 0.1) is 0 Å². The second-order valence-corrected chi connectivity index (χ2v) is 7.69. The smallest absolute Gasteiger partial charge is 0.410 e. The number of nitrogens with two attached hydrogens (primary N) is 1. The van der Waals surface area contributed by atoms with Crippen LogP contribution in [0.25, 0.3) is 0 Å². The summed E-state index contributed by atoms with van der Waals surface area (Å²) in [7, 11) is 1.59. The highest BCUT2D eigenvalue weighted by Crippen LogP contribution is 2.16. The predicted octanol–water partition coefficient (Wildman–Crippen LogP) is 4.19. The number of hydrogen-bond donors (Lipinski definition) is 2. The van der Waals surface area contributed by atoms with Gasteiger partial charge in [0, 0.05) is 12.6 Å². The van der Waals surface area contributed by atoms with Crippen LogP contribution in [0.15, 0.2) is 84.9 Å². The molecule has 0 aromatic heterocycles. The van der Waals surface area contributed by atoms with Crippen molar-refractivity contribution in [2.45, 2.75) is 31.7 Å². The van der Waals surface area contributed by atoms with E-state index in [1.165, 1.54) is 4.90 Å². The second-order valence-electron chi connectivity index (χ2n) is 7.69. The van der Waals surface area contributed by atoms with Gasteiger partial charge in [-0.15, -0.1) is 12.4 Å². The van der Waals surface area contributed by atoms with Crippen LogP contribution in [0.2, 0.25) is 0 Å². The number of carbonyl (C=O) groups excluding carboxylic acids is 1. The molecule has 0 heterocycles. The highest BCUT2D eigenvalue weighted by molar-refractivity contribution is 5.85. The molecule has 3 N–H and O–H groups in total. The number of benzene rings is 3. The van der Waals surface area contributed by atoms with Crippen molar-refractivity contribution in [3.05, 3.63) is 102 Å². The van der Waals surface area contributed by atoms with Crippen LogP contribution < -0.4 is 10.5 Å². The first-order valence-electron chi connectivity index (χ1n) is 10.6. The van der Waals surface area contributed by atoms with Gasteiger partial charge in [0.1, 0.15) is 12.4 Å². The molecule has 33 heavy (non-hydrogen) atoms. The van der Waals surface area contributed by atoms with Crippen molar-refractivity contribution in [3.63, 3.8) is 0 Å². The third kappa shape index (κ3) is 8.42. The molecule has 0 aliphatic heterocycles. The Labute approximate surface area is 201 Å². The lowest BCUT2D eigenvalue weighted by Crippen LogP contribution is -2.46. The first-order valence-corrected chi connectivity index (χ1v) is 10.6. The van der Waals surface area contributed by atoms with Gasteiger partial charge in [-0.3, -0.25) is 0 Å². The fourth-order valence-electron chi connectivity index (χ4n) is 3.39. The van der Waals surface area contributed by atoms with Gasteiger partial charge in [0.2, 0.25) is 0 Å². The van der Waals surface area contributed by atoms with E-state index in [0.717, 1.165) is 16.7 Å². The van der Waals surface area contributed by atoms with Crippen LogP contribution in [-0.2, 0) is 24.3 Å². The number of nitrogens with zero attached hydrogens (tertiary/aromatic N) is 1. The van der Waals surface area contributed by atoms with Crippen LogP contribution in [0.5, 0.6) is 5.75 Å². The van der Waals surface area contributed by atoms with Gasteiger partial charge in [0.15, 0.2) is 0 Å². The molecule has 3 aromatic rings. The molecular weight excluding hydrogens is 440 g/mol. The Morgan fingerprint density at radius 3 is 2.18 bits per heavy atom. The van der Waals surface area contributed by atoms with Gasteiger partial charge in [0.25, 0.3) is 0 Å². The molecule has 0 bridgehead atoms. The summed E-state index contributed by atoms with van der Waals surface area (Å²) in [6.45, 7) is 0.471. The van der Waals surface area contributed by atoms with Gasteiger partial charge in [-0.05, 0) is 35.2 Å². The highest BCUT2D eigenvalue weighted by Gasteiger charge is 2.24. The highest BCUT2D eigenvalue weighted by atomic mass is 35.5. The average molecular weight is 471 g/mol. The minimum Gasteiger partial charge on any atom is -0.497 e. The Hall–Kier alpha value is -3.06. The van der Waals surface area contributed by atoms with E-state index in [4.69, 9.17) is 15.2 Å². The maximum atomic E-state index is 12.9. The Kier molecular flexibility index (Phi) is 10.7. The third-order valence-corrected chi connectivity index (χ3v) is 5.19. The Morgan fingerprint density at radius 2 is 1.55 bits per heavy atom. The molecule has 6 nitrogen and oxygen atoms in total. The van der Waals surface area contributed by atoms with E-state index in [9.17, 15) is 9.90 Å². The van der Waals surface area contributed by atoms with Crippen molar-refractivity contribution < 1.29 is 19.4 Å². The first kappa shape index (κ1) is 26.2. The summed E-state index contributed by atoms with van der Waals surface area (Å²) >= 11 is 0. The summed E-state index contributed by atoms with van der Waals surface area (Å²) in [4.78, 5) is 14.4. The number of aliphatic hydroxyl groups excluding tert-OH is 1. The van der Waals surface area contributed by atoms with Crippen molar-refractivity contribution in [1.82, 2.24) is 4.90 Å². The van der Waals surface area contributed by atoms with Crippen LogP contribution in [0.4, 0.5) is 4.79 Å². The number of amides is 1. The number of aliphatic hydroxyl groups is 1. The SMILES string of the molecule is COc1cccc(CN(C[C@@H](O)[C@@H](N)Cc2ccccc2)C(=O)OCc2ccccc2)c1.Cl. The molecule has 7 heteroatoms. The lowest BCUT2D eigenvalue weighted by atomic mass is 10.0. The van der Waals surface area contributed by atoms with Gasteiger partial charge < -0.3 is 25.2 Å². The van der Waals surface area contributed by atoms with E-state index in [2.05, 4.69) is 0 Å². The number of halogens is 1. The largest absolute Gasteiger partial charge is 0.497 e. The summed E-state index contributed by atoms with van der Waals surface area (Å²) in [5.41, 5.74) is 9.04. The van der Waals surface area contributed by atoms with E-state index >= 15 is 0 Å².